The van der Waals surface area contributed by atoms with Gasteiger partial charge < -0.3 is 15.4 Å². The van der Waals surface area contributed by atoms with E-state index in [4.69, 9.17) is 4.74 Å². The highest BCUT2D eigenvalue weighted by atomic mass is 19.4. The van der Waals surface area contributed by atoms with Gasteiger partial charge in [-0.1, -0.05) is 36.4 Å². The Balaban J connectivity index is 1.64. The molecule has 3 aromatic rings. The fraction of sp³-hybridized carbons (Fsp3) is 0.0909. The van der Waals surface area contributed by atoms with E-state index in [2.05, 4.69) is 10.6 Å². The number of rotatable bonds is 6. The number of benzene rings is 3. The van der Waals surface area contributed by atoms with Gasteiger partial charge in [0.25, 0.3) is 11.8 Å². The van der Waals surface area contributed by atoms with Crippen molar-refractivity contribution in [2.24, 2.45) is 0 Å². The molecule has 30 heavy (non-hydrogen) atoms. The van der Waals surface area contributed by atoms with Crippen molar-refractivity contribution in [3.63, 3.8) is 0 Å². The molecule has 2 N–H and O–H groups in total. The lowest BCUT2D eigenvalue weighted by molar-refractivity contribution is -0.137. The lowest BCUT2D eigenvalue weighted by Gasteiger charge is -2.13. The molecule has 3 rings (SSSR count). The molecule has 0 aliphatic rings. The van der Waals surface area contributed by atoms with Crippen LogP contribution in [0.25, 0.3) is 0 Å². The summed E-state index contributed by atoms with van der Waals surface area (Å²) in [6.07, 6.45) is -4.51. The number of ether oxygens (including phenoxy) is 1. The number of alkyl halides is 3. The zero-order chi connectivity index (χ0) is 21.6. The molecule has 8 heteroatoms. The molecule has 0 saturated carbocycles. The van der Waals surface area contributed by atoms with E-state index in [0.717, 1.165) is 12.1 Å². The third-order valence-electron chi connectivity index (χ3n) is 4.00. The van der Waals surface area contributed by atoms with E-state index < -0.39 is 30.2 Å². The van der Waals surface area contributed by atoms with Gasteiger partial charge in [-0.15, -0.1) is 0 Å². The lowest BCUT2D eigenvalue weighted by atomic mass is 10.2. The molecular formula is C22H17F3N2O3. The van der Waals surface area contributed by atoms with Crippen molar-refractivity contribution in [1.29, 1.82) is 0 Å². The molecule has 0 spiro atoms. The number of hydrogen-bond acceptors (Lipinski definition) is 3. The SMILES string of the molecule is O=C(COc1ccccc1C(=O)Nc1ccccc1)Nc1cccc(C(F)(F)F)c1. The smallest absolute Gasteiger partial charge is 0.416 e. The molecule has 3 aromatic carbocycles. The quantitative estimate of drug-likeness (QED) is 0.598. The standard InChI is InChI=1S/C22H17F3N2O3/c23-22(24,25)15-7-6-10-17(13-15)26-20(28)14-30-19-12-5-4-11-18(19)21(29)27-16-8-2-1-3-9-16/h1-13H,14H2,(H,26,28)(H,27,29). The Morgan fingerprint density at radius 2 is 1.47 bits per heavy atom. The Hall–Kier alpha value is -3.81. The van der Waals surface area contributed by atoms with E-state index in [9.17, 15) is 22.8 Å². The van der Waals surface area contributed by atoms with Gasteiger partial charge in [0.2, 0.25) is 0 Å². The van der Waals surface area contributed by atoms with Crippen LogP contribution < -0.4 is 15.4 Å². The van der Waals surface area contributed by atoms with E-state index in [-0.39, 0.29) is 17.0 Å². The van der Waals surface area contributed by atoms with Crippen molar-refractivity contribution in [2.75, 3.05) is 17.2 Å². The van der Waals surface area contributed by atoms with Crippen LogP contribution in [0.4, 0.5) is 24.5 Å². The van der Waals surface area contributed by atoms with Gasteiger partial charge in [0.15, 0.2) is 6.61 Å². The second kappa shape index (κ2) is 9.13. The van der Waals surface area contributed by atoms with E-state index >= 15 is 0 Å². The lowest BCUT2D eigenvalue weighted by Crippen LogP contribution is -2.22. The van der Waals surface area contributed by atoms with Crippen LogP contribution in [0.5, 0.6) is 5.75 Å². The Morgan fingerprint density at radius 1 is 0.800 bits per heavy atom. The fourth-order valence-electron chi connectivity index (χ4n) is 2.61. The first-order valence-corrected chi connectivity index (χ1v) is 8.88. The topological polar surface area (TPSA) is 67.4 Å². The van der Waals surface area contributed by atoms with Crippen molar-refractivity contribution in [3.05, 3.63) is 90.0 Å². The van der Waals surface area contributed by atoms with Gasteiger partial charge in [-0.2, -0.15) is 13.2 Å². The van der Waals surface area contributed by atoms with Crippen molar-refractivity contribution in [3.8, 4) is 5.75 Å². The number of para-hydroxylation sites is 2. The minimum absolute atomic E-state index is 0.00599. The van der Waals surface area contributed by atoms with Crippen LogP contribution >= 0.6 is 0 Å². The average molecular weight is 414 g/mol. The molecular weight excluding hydrogens is 397 g/mol. The summed E-state index contributed by atoms with van der Waals surface area (Å²) in [5.41, 5.74) is -0.0644. The van der Waals surface area contributed by atoms with E-state index in [1.165, 1.54) is 24.3 Å². The summed E-state index contributed by atoms with van der Waals surface area (Å²) in [4.78, 5) is 24.6. The summed E-state index contributed by atoms with van der Waals surface area (Å²) < 4.78 is 43.8. The van der Waals surface area contributed by atoms with Crippen LogP contribution in [-0.2, 0) is 11.0 Å². The van der Waals surface area contributed by atoms with E-state index in [1.54, 1.807) is 36.4 Å². The Morgan fingerprint density at radius 3 is 2.20 bits per heavy atom. The minimum atomic E-state index is -4.51. The van der Waals surface area contributed by atoms with Gasteiger partial charge in [0.1, 0.15) is 5.75 Å². The van der Waals surface area contributed by atoms with Gasteiger partial charge in [0.05, 0.1) is 11.1 Å². The Labute approximate surface area is 170 Å². The van der Waals surface area contributed by atoms with Crippen LogP contribution in [0.1, 0.15) is 15.9 Å². The Kier molecular flexibility index (Phi) is 6.36. The van der Waals surface area contributed by atoms with Crippen molar-refractivity contribution in [1.82, 2.24) is 0 Å². The zero-order valence-electron chi connectivity index (χ0n) is 15.6. The maximum Gasteiger partial charge on any atom is 0.416 e. The van der Waals surface area contributed by atoms with Gasteiger partial charge >= 0.3 is 6.18 Å². The Bertz CT molecular complexity index is 1040. The van der Waals surface area contributed by atoms with Gasteiger partial charge in [-0.25, -0.2) is 0 Å². The number of amides is 2. The number of hydrogen-bond donors (Lipinski definition) is 2. The molecule has 0 aliphatic carbocycles. The molecule has 0 heterocycles. The number of carbonyl (C=O) groups is 2. The fourth-order valence-corrected chi connectivity index (χ4v) is 2.61. The maximum atomic E-state index is 12.8. The summed E-state index contributed by atoms with van der Waals surface area (Å²) in [6, 6.07) is 19.4. The zero-order valence-corrected chi connectivity index (χ0v) is 15.6. The van der Waals surface area contributed by atoms with Crippen LogP contribution in [0, 0.1) is 0 Å². The summed E-state index contributed by atoms with van der Waals surface area (Å²) >= 11 is 0. The molecule has 0 aliphatic heterocycles. The van der Waals surface area contributed by atoms with E-state index in [1.807, 2.05) is 6.07 Å². The normalized spacial score (nSPS) is 10.9. The molecule has 0 aromatic heterocycles. The molecule has 0 unspecified atom stereocenters. The van der Waals surface area contributed by atoms with Gasteiger partial charge in [-0.3, -0.25) is 9.59 Å². The third-order valence-corrected chi connectivity index (χ3v) is 4.00. The average Bonchev–Trinajstić information content (AvgIpc) is 2.73. The second-order valence-corrected chi connectivity index (χ2v) is 6.23. The van der Waals surface area contributed by atoms with Crippen molar-refractivity contribution in [2.45, 2.75) is 6.18 Å². The van der Waals surface area contributed by atoms with Crippen LogP contribution in [0.15, 0.2) is 78.9 Å². The number of anilines is 2. The number of halogens is 3. The summed E-state index contributed by atoms with van der Waals surface area (Å²) in [5.74, 6) is -0.909. The summed E-state index contributed by atoms with van der Waals surface area (Å²) in [7, 11) is 0. The number of carbonyl (C=O) groups excluding carboxylic acids is 2. The van der Waals surface area contributed by atoms with Crippen LogP contribution in [-0.4, -0.2) is 18.4 Å². The van der Waals surface area contributed by atoms with Gasteiger partial charge in [0, 0.05) is 11.4 Å². The van der Waals surface area contributed by atoms with Crippen LogP contribution in [0.3, 0.4) is 0 Å². The van der Waals surface area contributed by atoms with Crippen molar-refractivity contribution < 1.29 is 27.5 Å². The predicted octanol–water partition coefficient (Wildman–Crippen LogP) is 4.98. The van der Waals surface area contributed by atoms with Gasteiger partial charge in [-0.05, 0) is 42.5 Å². The minimum Gasteiger partial charge on any atom is -0.483 e. The molecule has 0 fully saturated rings. The molecule has 0 bridgehead atoms. The van der Waals surface area contributed by atoms with Crippen molar-refractivity contribution >= 4 is 23.2 Å². The second-order valence-electron chi connectivity index (χ2n) is 6.23. The molecule has 2 amide bonds. The first kappa shape index (κ1) is 20.9. The monoisotopic (exact) mass is 414 g/mol. The molecule has 5 nitrogen and oxygen atoms in total. The largest absolute Gasteiger partial charge is 0.483 e. The predicted molar refractivity (Wildman–Crippen MR) is 106 cm³/mol. The first-order valence-electron chi connectivity index (χ1n) is 8.88. The highest BCUT2D eigenvalue weighted by molar-refractivity contribution is 6.06. The third kappa shape index (κ3) is 5.60. The van der Waals surface area contributed by atoms with E-state index in [0.29, 0.717) is 5.69 Å². The summed E-state index contributed by atoms with van der Waals surface area (Å²) in [5, 5.41) is 5.07. The maximum absolute atomic E-state index is 12.8. The molecule has 0 atom stereocenters. The molecule has 154 valence electrons. The van der Waals surface area contributed by atoms with Crippen LogP contribution in [0.2, 0.25) is 0 Å². The molecule has 0 radical (unpaired) electrons. The highest BCUT2D eigenvalue weighted by Gasteiger charge is 2.30. The summed E-state index contributed by atoms with van der Waals surface area (Å²) in [6.45, 7) is -0.480. The number of nitrogens with one attached hydrogen (secondary N) is 2. The highest BCUT2D eigenvalue weighted by Crippen LogP contribution is 2.30. The molecule has 0 saturated heterocycles. The first-order chi connectivity index (χ1) is 14.3.